The number of phenols is 1. The molecule has 0 radical (unpaired) electrons. The van der Waals surface area contributed by atoms with E-state index in [9.17, 15) is 9.90 Å². The molecule has 0 heterocycles. The maximum atomic E-state index is 12.0. The van der Waals surface area contributed by atoms with Crippen LogP contribution in [-0.2, 0) is 22.1 Å². The van der Waals surface area contributed by atoms with Crippen LogP contribution in [0.25, 0.3) is 0 Å². The van der Waals surface area contributed by atoms with Gasteiger partial charge in [0.2, 0.25) is 0 Å². The van der Waals surface area contributed by atoms with Crippen molar-refractivity contribution in [2.45, 2.75) is 66.1 Å². The highest BCUT2D eigenvalue weighted by Crippen LogP contribution is 2.41. The van der Waals surface area contributed by atoms with E-state index < -0.39 is 7.04 Å². The molecule has 0 aliphatic heterocycles. The molecule has 4 nitrogen and oxygen atoms in total. The molecule has 2 atom stereocenters. The summed E-state index contributed by atoms with van der Waals surface area (Å²) >= 11 is 0. The van der Waals surface area contributed by atoms with Crippen LogP contribution < -0.4 is 5.09 Å². The molecule has 2 aromatic carbocycles. The molecular weight excluding hydrogens is 405 g/mol. The summed E-state index contributed by atoms with van der Waals surface area (Å²) in [5.74, 6) is 0.424. The van der Waals surface area contributed by atoms with Gasteiger partial charge in [0.15, 0.2) is 0 Å². The number of phenolic OH excluding ortho intramolecular Hbond substituents is 1. The van der Waals surface area contributed by atoms with Gasteiger partial charge in [-0.1, -0.05) is 51.4 Å². The van der Waals surface area contributed by atoms with Gasteiger partial charge in [0, 0.05) is 6.16 Å². The summed E-state index contributed by atoms with van der Waals surface area (Å²) in [5, 5.41) is 13.5. The third-order valence-electron chi connectivity index (χ3n) is 5.53. The molecule has 0 fully saturated rings. The van der Waals surface area contributed by atoms with Gasteiger partial charge in [-0.2, -0.15) is 0 Å². The molecule has 2 N–H and O–H groups in total. The predicted octanol–water partition coefficient (Wildman–Crippen LogP) is 5.76. The Bertz CT molecular complexity index is 958. The van der Waals surface area contributed by atoms with Gasteiger partial charge >= 0.3 is 5.97 Å². The van der Waals surface area contributed by atoms with Gasteiger partial charge in [0.05, 0.1) is 6.61 Å². The van der Waals surface area contributed by atoms with Crippen molar-refractivity contribution >= 4 is 19.3 Å². The number of benzene rings is 2. The van der Waals surface area contributed by atoms with E-state index in [0.717, 1.165) is 18.1 Å². The normalized spacial score (nSPS) is 14.3. The number of aryl methyl sites for hydroxylation is 2. The molecule has 31 heavy (non-hydrogen) atoms. The van der Waals surface area contributed by atoms with E-state index in [2.05, 4.69) is 63.9 Å². The lowest BCUT2D eigenvalue weighted by atomic mass is 9.92. The van der Waals surface area contributed by atoms with Crippen molar-refractivity contribution < 1.29 is 14.6 Å². The van der Waals surface area contributed by atoms with Crippen LogP contribution in [0.5, 0.6) is 5.75 Å². The first-order chi connectivity index (χ1) is 14.4. The van der Waals surface area contributed by atoms with Crippen molar-refractivity contribution in [3.63, 3.8) is 0 Å². The number of esters is 1. The monoisotopic (exact) mass is 443 g/mol. The van der Waals surface area contributed by atoms with E-state index in [1.54, 1.807) is 6.07 Å². The Labute approximate surface area is 188 Å². The van der Waals surface area contributed by atoms with Gasteiger partial charge in [-0.05, 0) is 86.1 Å². The summed E-state index contributed by atoms with van der Waals surface area (Å²) < 4.78 is 5.11. The van der Waals surface area contributed by atoms with E-state index >= 15 is 0 Å². The number of aromatic hydroxyl groups is 1. The molecule has 2 aromatic rings. The summed E-state index contributed by atoms with van der Waals surface area (Å²) in [6.45, 7) is 14.7. The van der Waals surface area contributed by atoms with Gasteiger partial charge in [-0.3, -0.25) is 9.88 Å². The molecule has 2 rings (SSSR count). The van der Waals surface area contributed by atoms with E-state index in [1.165, 1.54) is 27.8 Å². The lowest BCUT2D eigenvalue weighted by Crippen LogP contribution is -2.33. The van der Waals surface area contributed by atoms with Crippen LogP contribution in [0.2, 0.25) is 0 Å². The Morgan fingerprint density at radius 2 is 1.74 bits per heavy atom. The zero-order valence-electron chi connectivity index (χ0n) is 20.1. The van der Waals surface area contributed by atoms with E-state index in [0.29, 0.717) is 12.4 Å². The fraction of sp³-hybridized carbons (Fsp3) is 0.462. The lowest BCUT2D eigenvalue weighted by Gasteiger charge is -2.25. The van der Waals surface area contributed by atoms with Crippen LogP contribution in [0, 0.1) is 13.8 Å². The Kier molecular flexibility index (Phi) is 8.57. The Hall–Kier alpha value is -2.03. The number of carbonyl (C=O) groups excluding carboxylic acids is 1. The molecule has 5 heteroatoms. The average molecular weight is 444 g/mol. The third kappa shape index (κ3) is 6.98. The molecule has 2 unspecified atom stereocenters. The highest BCUT2D eigenvalue weighted by atomic mass is 31.2. The predicted molar refractivity (Wildman–Crippen MR) is 134 cm³/mol. The van der Waals surface area contributed by atoms with Crippen molar-refractivity contribution in [2.24, 2.45) is 0 Å². The van der Waals surface area contributed by atoms with Crippen molar-refractivity contribution in [1.29, 1.82) is 0 Å². The van der Waals surface area contributed by atoms with Gasteiger partial charge in [-0.15, -0.1) is 0 Å². The van der Waals surface area contributed by atoms with Crippen LogP contribution in [-0.4, -0.2) is 36.7 Å². The SMILES string of the molecule is C=P(C)(Cc1cc(C)c(Cc2ccc(O)c(C(C)C)c2)c(C)c1)NC(C)C(=O)OCC. The summed E-state index contributed by atoms with van der Waals surface area (Å²) in [7, 11) is -1.77. The highest BCUT2D eigenvalue weighted by Gasteiger charge is 2.20. The first-order valence-electron chi connectivity index (χ1n) is 11.0. The summed E-state index contributed by atoms with van der Waals surface area (Å²) in [4.78, 5) is 12.0. The minimum atomic E-state index is -1.77. The number of carbonyl (C=O) groups is 1. The number of hydrogen-bond acceptors (Lipinski definition) is 4. The largest absolute Gasteiger partial charge is 0.508 e. The number of rotatable bonds is 9. The Balaban J connectivity index is 2.19. The minimum absolute atomic E-state index is 0.227. The Morgan fingerprint density at radius 1 is 1.13 bits per heavy atom. The summed E-state index contributed by atoms with van der Waals surface area (Å²) in [5.41, 5.74) is 7.27. The second kappa shape index (κ2) is 10.5. The molecule has 170 valence electrons. The van der Waals surface area contributed by atoms with Crippen molar-refractivity contribution in [3.05, 3.63) is 63.7 Å². The van der Waals surface area contributed by atoms with Crippen molar-refractivity contribution in [2.75, 3.05) is 13.3 Å². The molecule has 0 saturated carbocycles. The number of nitrogens with one attached hydrogen (secondary N) is 1. The van der Waals surface area contributed by atoms with Crippen molar-refractivity contribution in [1.82, 2.24) is 5.09 Å². The van der Waals surface area contributed by atoms with Crippen LogP contribution in [0.3, 0.4) is 0 Å². The number of ether oxygens (including phenoxy) is 1. The second-order valence-corrected chi connectivity index (χ2v) is 12.5. The van der Waals surface area contributed by atoms with E-state index in [4.69, 9.17) is 4.74 Å². The molecule has 0 bridgehead atoms. The average Bonchev–Trinajstić information content (AvgIpc) is 2.65. The molecule has 0 aromatic heterocycles. The molecular formula is C26H38NO3P. The fourth-order valence-electron chi connectivity index (χ4n) is 4.07. The zero-order chi connectivity index (χ0) is 23.3. The minimum Gasteiger partial charge on any atom is -0.508 e. The standard InChI is InChI=1S/C26H38NO3P/c1-9-30-26(29)20(6)27-31(7,8)16-22-12-18(4)24(19(5)13-22)15-21-10-11-25(28)23(14-21)17(2)3/h10-14,17,20,27-28H,7,9,15-16H2,1-6,8H3. The first kappa shape index (κ1) is 25.2. The summed E-state index contributed by atoms with van der Waals surface area (Å²) in [6, 6.07) is 10.1. The van der Waals surface area contributed by atoms with Crippen molar-refractivity contribution in [3.8, 4) is 5.75 Å². The van der Waals surface area contributed by atoms with Crippen LogP contribution in [0.1, 0.15) is 67.0 Å². The van der Waals surface area contributed by atoms with Crippen LogP contribution in [0.4, 0.5) is 0 Å². The molecule has 0 aliphatic rings. The molecule has 0 aliphatic carbocycles. The van der Waals surface area contributed by atoms with Gasteiger partial charge < -0.3 is 9.84 Å². The maximum Gasteiger partial charge on any atom is 0.323 e. The van der Waals surface area contributed by atoms with Gasteiger partial charge in [0.1, 0.15) is 11.8 Å². The quantitative estimate of drug-likeness (QED) is 0.382. The summed E-state index contributed by atoms with van der Waals surface area (Å²) in [6.07, 6.45) is 6.06. The Morgan fingerprint density at radius 3 is 2.29 bits per heavy atom. The topological polar surface area (TPSA) is 58.6 Å². The zero-order valence-corrected chi connectivity index (χ0v) is 21.0. The van der Waals surface area contributed by atoms with Gasteiger partial charge in [-0.25, -0.2) is 0 Å². The molecule has 0 amide bonds. The maximum absolute atomic E-state index is 12.0. The molecule has 0 spiro atoms. The lowest BCUT2D eigenvalue weighted by molar-refractivity contribution is -0.144. The van der Waals surface area contributed by atoms with Crippen LogP contribution in [0.15, 0.2) is 30.3 Å². The first-order valence-corrected chi connectivity index (χ1v) is 13.6. The highest BCUT2D eigenvalue weighted by molar-refractivity contribution is 7.70. The fourth-order valence-corrected chi connectivity index (χ4v) is 6.19. The third-order valence-corrected chi connectivity index (χ3v) is 7.60. The van der Waals surface area contributed by atoms with Crippen LogP contribution >= 0.6 is 7.04 Å². The van der Waals surface area contributed by atoms with E-state index in [-0.39, 0.29) is 17.9 Å². The molecule has 0 saturated heterocycles. The van der Waals surface area contributed by atoms with E-state index in [1.807, 2.05) is 19.9 Å². The smallest absolute Gasteiger partial charge is 0.323 e. The second-order valence-electron chi connectivity index (χ2n) is 9.09. The number of hydrogen-bond donors (Lipinski definition) is 2. The van der Waals surface area contributed by atoms with Gasteiger partial charge in [0.25, 0.3) is 0 Å².